The number of benzene rings is 1. The average Bonchev–Trinajstić information content (AvgIpc) is 2.61. The number of hydrogen-bond acceptors (Lipinski definition) is 4. The molecule has 1 atom stereocenters. The maximum Gasteiger partial charge on any atom is 0.298 e. The van der Waals surface area contributed by atoms with Crippen molar-refractivity contribution in [2.45, 2.75) is 4.95 Å². The van der Waals surface area contributed by atoms with E-state index >= 15 is 0 Å². The molecule has 0 aliphatic carbocycles. The number of rotatable bonds is 1. The van der Waals surface area contributed by atoms with Crippen molar-refractivity contribution in [1.29, 1.82) is 0 Å². The molecular formula is C17H14BrClN4O. The van der Waals surface area contributed by atoms with Gasteiger partial charge in [-0.1, -0.05) is 33.5 Å². The third-order valence-electron chi connectivity index (χ3n) is 3.57. The molecule has 1 amide bonds. The van der Waals surface area contributed by atoms with Crippen molar-refractivity contribution in [2.24, 2.45) is 0 Å². The number of carbonyl (C=O) groups excluding carboxylic acids is 1. The van der Waals surface area contributed by atoms with Crippen LogP contribution in [0.25, 0.3) is 0 Å². The Morgan fingerprint density at radius 3 is 2.58 bits per heavy atom. The van der Waals surface area contributed by atoms with Crippen LogP contribution in [0.5, 0.6) is 0 Å². The maximum absolute atomic E-state index is 12.3. The molecule has 1 aliphatic heterocycles. The van der Waals surface area contributed by atoms with E-state index in [1.165, 1.54) is 0 Å². The number of alkyl halides is 1. The fraction of sp³-hybridized carbons (Fsp3) is 0.235. The van der Waals surface area contributed by atoms with E-state index in [1.54, 1.807) is 47.6 Å². The average molecular weight is 406 g/mol. The first-order valence-electron chi connectivity index (χ1n) is 7.38. The van der Waals surface area contributed by atoms with E-state index in [1.807, 2.05) is 4.90 Å². The number of carbonyl (C=O) groups is 1. The van der Waals surface area contributed by atoms with Crippen LogP contribution in [-0.2, 0) is 4.79 Å². The molecular weight excluding hydrogens is 392 g/mol. The Labute approximate surface area is 153 Å². The molecule has 7 heteroatoms. The minimum atomic E-state index is -0.192. The van der Waals surface area contributed by atoms with E-state index in [0.717, 1.165) is 5.56 Å². The van der Waals surface area contributed by atoms with Crippen molar-refractivity contribution >= 4 is 39.4 Å². The van der Waals surface area contributed by atoms with E-state index in [-0.39, 0.29) is 10.9 Å². The quantitative estimate of drug-likeness (QED) is 0.416. The van der Waals surface area contributed by atoms with Crippen LogP contribution in [-0.4, -0.2) is 45.4 Å². The minimum absolute atomic E-state index is 0.0464. The Bertz CT molecular complexity index is 773. The molecule has 1 saturated heterocycles. The summed E-state index contributed by atoms with van der Waals surface area (Å²) in [5.41, 5.74) is 0.763. The molecule has 3 rings (SSSR count). The molecule has 1 aliphatic rings. The van der Waals surface area contributed by atoms with Crippen molar-refractivity contribution in [3.63, 3.8) is 0 Å². The maximum atomic E-state index is 12.3. The molecule has 0 saturated carbocycles. The number of piperazine rings is 1. The van der Waals surface area contributed by atoms with E-state index in [2.05, 4.69) is 37.7 Å². The second-order valence-corrected chi connectivity index (χ2v) is 6.68. The molecule has 1 unspecified atom stereocenters. The van der Waals surface area contributed by atoms with Crippen molar-refractivity contribution in [3.8, 4) is 11.8 Å². The zero-order valence-electron chi connectivity index (χ0n) is 12.7. The molecule has 2 heterocycles. The predicted octanol–water partition coefficient (Wildman–Crippen LogP) is 2.55. The summed E-state index contributed by atoms with van der Waals surface area (Å²) in [5.74, 6) is 6.02. The van der Waals surface area contributed by atoms with Gasteiger partial charge in [0.15, 0.2) is 0 Å². The lowest BCUT2D eigenvalue weighted by Gasteiger charge is -2.37. The molecule has 0 N–H and O–H groups in total. The largest absolute Gasteiger partial charge is 0.327 e. The first-order valence-corrected chi connectivity index (χ1v) is 8.67. The fourth-order valence-electron chi connectivity index (χ4n) is 2.33. The Morgan fingerprint density at radius 2 is 1.92 bits per heavy atom. The summed E-state index contributed by atoms with van der Waals surface area (Å²) >= 11 is 9.43. The van der Waals surface area contributed by atoms with Crippen molar-refractivity contribution in [3.05, 3.63) is 53.3 Å². The molecule has 1 fully saturated rings. The summed E-state index contributed by atoms with van der Waals surface area (Å²) in [4.78, 5) is 24.5. The van der Waals surface area contributed by atoms with Gasteiger partial charge in [0.1, 0.15) is 4.95 Å². The standard InChI is InChI=1S/C17H14BrClN4O/c18-15-12-22(10-11-23(15)17-20-8-1-9-21-17)16(24)7-4-13-2-5-14(19)6-3-13/h1-3,5-6,8-9,15H,10-12H2. The summed E-state index contributed by atoms with van der Waals surface area (Å²) in [7, 11) is 0. The molecule has 5 nitrogen and oxygen atoms in total. The van der Waals surface area contributed by atoms with E-state index < -0.39 is 0 Å². The SMILES string of the molecule is O=C(C#Cc1ccc(Cl)cc1)N1CCN(c2ncccn2)C(Br)C1. The van der Waals surface area contributed by atoms with Crippen LogP contribution in [0.15, 0.2) is 42.7 Å². The summed E-state index contributed by atoms with van der Waals surface area (Å²) in [5, 5.41) is 0.647. The monoisotopic (exact) mass is 404 g/mol. The highest BCUT2D eigenvalue weighted by Crippen LogP contribution is 2.19. The van der Waals surface area contributed by atoms with Gasteiger partial charge in [-0.15, -0.1) is 0 Å². The van der Waals surface area contributed by atoms with Gasteiger partial charge in [-0.2, -0.15) is 0 Å². The Balaban J connectivity index is 1.63. The van der Waals surface area contributed by atoms with Gasteiger partial charge in [0.25, 0.3) is 5.91 Å². The first-order chi connectivity index (χ1) is 11.6. The van der Waals surface area contributed by atoms with Gasteiger partial charge in [0, 0.05) is 42.0 Å². The highest BCUT2D eigenvalue weighted by Gasteiger charge is 2.28. The van der Waals surface area contributed by atoms with Gasteiger partial charge in [-0.25, -0.2) is 9.97 Å². The zero-order chi connectivity index (χ0) is 16.9. The van der Waals surface area contributed by atoms with Crippen LogP contribution in [0, 0.1) is 11.8 Å². The van der Waals surface area contributed by atoms with Gasteiger partial charge < -0.3 is 9.80 Å². The highest BCUT2D eigenvalue weighted by molar-refractivity contribution is 9.09. The van der Waals surface area contributed by atoms with E-state index in [4.69, 9.17) is 11.6 Å². The van der Waals surface area contributed by atoms with Crippen LogP contribution < -0.4 is 4.90 Å². The summed E-state index contributed by atoms with van der Waals surface area (Å²) in [6.07, 6.45) is 3.41. The number of amides is 1. The molecule has 2 aromatic rings. The van der Waals surface area contributed by atoms with E-state index in [9.17, 15) is 4.79 Å². The number of anilines is 1. The van der Waals surface area contributed by atoms with Crippen LogP contribution >= 0.6 is 27.5 Å². The third-order valence-corrected chi connectivity index (χ3v) is 4.61. The molecule has 1 aromatic heterocycles. The fourth-order valence-corrected chi connectivity index (χ4v) is 3.19. The topological polar surface area (TPSA) is 49.3 Å². The van der Waals surface area contributed by atoms with Gasteiger partial charge in [0.2, 0.25) is 5.95 Å². The Kier molecular flexibility index (Phi) is 5.34. The Morgan fingerprint density at radius 1 is 1.21 bits per heavy atom. The smallest absolute Gasteiger partial charge is 0.298 e. The van der Waals surface area contributed by atoms with Gasteiger partial charge in [-0.3, -0.25) is 4.79 Å². The van der Waals surface area contributed by atoms with Crippen LogP contribution in [0.1, 0.15) is 5.56 Å². The van der Waals surface area contributed by atoms with Gasteiger partial charge in [-0.05, 0) is 30.3 Å². The predicted molar refractivity (Wildman–Crippen MR) is 97.0 cm³/mol. The number of halogens is 2. The summed E-state index contributed by atoms with van der Waals surface area (Å²) in [6, 6.07) is 8.87. The molecule has 122 valence electrons. The summed E-state index contributed by atoms with van der Waals surface area (Å²) < 4.78 is 0. The lowest BCUT2D eigenvalue weighted by Crippen LogP contribution is -2.52. The van der Waals surface area contributed by atoms with E-state index in [0.29, 0.717) is 30.6 Å². The van der Waals surface area contributed by atoms with Crippen molar-refractivity contribution in [2.75, 3.05) is 24.5 Å². The summed E-state index contributed by atoms with van der Waals surface area (Å²) in [6.45, 7) is 1.75. The third kappa shape index (κ3) is 4.05. The van der Waals surface area contributed by atoms with Gasteiger partial charge >= 0.3 is 0 Å². The molecule has 24 heavy (non-hydrogen) atoms. The van der Waals surface area contributed by atoms with Crippen LogP contribution in [0.4, 0.5) is 5.95 Å². The molecule has 0 radical (unpaired) electrons. The number of hydrogen-bond donors (Lipinski definition) is 0. The lowest BCUT2D eigenvalue weighted by molar-refractivity contribution is -0.125. The van der Waals surface area contributed by atoms with Crippen molar-refractivity contribution in [1.82, 2.24) is 14.9 Å². The van der Waals surface area contributed by atoms with Gasteiger partial charge in [0.05, 0.1) is 6.54 Å². The second kappa shape index (κ2) is 7.65. The zero-order valence-corrected chi connectivity index (χ0v) is 15.0. The molecule has 0 bridgehead atoms. The van der Waals surface area contributed by atoms with Crippen LogP contribution in [0.3, 0.4) is 0 Å². The minimum Gasteiger partial charge on any atom is -0.327 e. The number of nitrogens with zero attached hydrogens (tertiary/aromatic N) is 4. The first kappa shape index (κ1) is 16.7. The molecule has 0 spiro atoms. The Hall–Kier alpha value is -2.10. The molecule has 1 aromatic carbocycles. The number of aromatic nitrogens is 2. The van der Waals surface area contributed by atoms with Crippen molar-refractivity contribution < 1.29 is 4.79 Å². The highest BCUT2D eigenvalue weighted by atomic mass is 79.9. The second-order valence-electron chi connectivity index (χ2n) is 5.18. The normalized spacial score (nSPS) is 17.2. The lowest BCUT2D eigenvalue weighted by atomic mass is 10.2. The van der Waals surface area contributed by atoms with Crippen LogP contribution in [0.2, 0.25) is 5.02 Å².